The van der Waals surface area contributed by atoms with Crippen molar-refractivity contribution in [3.8, 4) is 0 Å². The Hall–Kier alpha value is -1.19. The van der Waals surface area contributed by atoms with Gasteiger partial charge in [0.2, 0.25) is 0 Å². The van der Waals surface area contributed by atoms with Crippen LogP contribution >= 0.6 is 15.9 Å². The van der Waals surface area contributed by atoms with Gasteiger partial charge >= 0.3 is 0 Å². The van der Waals surface area contributed by atoms with Crippen LogP contribution in [-0.2, 0) is 6.42 Å². The number of hydrogen-bond acceptors (Lipinski definition) is 2. The fourth-order valence-corrected chi connectivity index (χ4v) is 2.39. The molecule has 0 amide bonds. The molecule has 2 rings (SSSR count). The Morgan fingerprint density at radius 2 is 2.00 bits per heavy atom. The van der Waals surface area contributed by atoms with Crippen LogP contribution in [0.3, 0.4) is 0 Å². The molecule has 0 radical (unpaired) electrons. The molecule has 0 saturated heterocycles. The Morgan fingerprint density at radius 1 is 1.22 bits per heavy atom. The van der Waals surface area contributed by atoms with E-state index in [1.165, 1.54) is 16.7 Å². The van der Waals surface area contributed by atoms with E-state index < -0.39 is 0 Å². The average Bonchev–Trinajstić information content (AvgIpc) is 2.34. The molecule has 0 bridgehead atoms. The number of aromatic nitrogens is 1. The van der Waals surface area contributed by atoms with Gasteiger partial charge in [-0.05, 0) is 59.0 Å². The molecule has 0 aliphatic rings. The largest absolute Gasteiger partial charge is 0.324 e. The first-order valence-corrected chi connectivity index (χ1v) is 6.77. The van der Waals surface area contributed by atoms with E-state index in [0.717, 1.165) is 16.5 Å². The quantitative estimate of drug-likeness (QED) is 0.939. The second-order valence-corrected chi connectivity index (χ2v) is 5.59. The summed E-state index contributed by atoms with van der Waals surface area (Å²) in [5, 5.41) is 0. The standard InChI is InChI=1S/C15H17BrN2/c1-10-3-4-11(2)12(5-10)7-15(17)13-6-14(16)9-18-8-13/h3-6,8-9,15H,7,17H2,1-2H3. The van der Waals surface area contributed by atoms with Crippen LogP contribution in [0.5, 0.6) is 0 Å². The maximum atomic E-state index is 6.25. The van der Waals surface area contributed by atoms with Crippen LogP contribution in [0.1, 0.15) is 28.3 Å². The van der Waals surface area contributed by atoms with Gasteiger partial charge in [0.1, 0.15) is 0 Å². The van der Waals surface area contributed by atoms with Crippen molar-refractivity contribution in [2.45, 2.75) is 26.3 Å². The highest BCUT2D eigenvalue weighted by Crippen LogP contribution is 2.21. The summed E-state index contributed by atoms with van der Waals surface area (Å²) in [6.07, 6.45) is 4.44. The summed E-state index contributed by atoms with van der Waals surface area (Å²) in [4.78, 5) is 4.16. The van der Waals surface area contributed by atoms with Crippen LogP contribution in [-0.4, -0.2) is 4.98 Å². The molecular weight excluding hydrogens is 288 g/mol. The van der Waals surface area contributed by atoms with Crippen LogP contribution in [0.15, 0.2) is 41.1 Å². The summed E-state index contributed by atoms with van der Waals surface area (Å²) in [7, 11) is 0. The van der Waals surface area contributed by atoms with Crippen molar-refractivity contribution in [2.75, 3.05) is 0 Å². The molecule has 1 atom stereocenters. The highest BCUT2D eigenvalue weighted by atomic mass is 79.9. The molecule has 0 aliphatic heterocycles. The number of nitrogens with two attached hydrogens (primary N) is 1. The number of halogens is 1. The van der Waals surface area contributed by atoms with Gasteiger partial charge in [-0.3, -0.25) is 4.98 Å². The van der Waals surface area contributed by atoms with Crippen LogP contribution in [0.2, 0.25) is 0 Å². The molecule has 2 nitrogen and oxygen atoms in total. The van der Waals surface area contributed by atoms with Crippen molar-refractivity contribution in [1.29, 1.82) is 0 Å². The predicted molar refractivity (Wildman–Crippen MR) is 78.5 cm³/mol. The molecule has 2 N–H and O–H groups in total. The lowest BCUT2D eigenvalue weighted by atomic mass is 9.96. The van der Waals surface area contributed by atoms with E-state index in [-0.39, 0.29) is 6.04 Å². The van der Waals surface area contributed by atoms with E-state index in [0.29, 0.717) is 0 Å². The van der Waals surface area contributed by atoms with Gasteiger partial charge in [-0.1, -0.05) is 23.8 Å². The molecule has 3 heteroatoms. The third-order valence-corrected chi connectivity index (χ3v) is 3.53. The zero-order chi connectivity index (χ0) is 13.1. The average molecular weight is 305 g/mol. The van der Waals surface area contributed by atoms with Gasteiger partial charge in [-0.25, -0.2) is 0 Å². The van der Waals surface area contributed by atoms with E-state index in [1.807, 2.05) is 12.3 Å². The van der Waals surface area contributed by atoms with Crippen molar-refractivity contribution >= 4 is 15.9 Å². The van der Waals surface area contributed by atoms with Gasteiger partial charge in [0, 0.05) is 22.9 Å². The lowest BCUT2D eigenvalue weighted by molar-refractivity contribution is 0.714. The minimum atomic E-state index is -0.0181. The summed E-state index contributed by atoms with van der Waals surface area (Å²) >= 11 is 3.42. The topological polar surface area (TPSA) is 38.9 Å². The third-order valence-electron chi connectivity index (χ3n) is 3.10. The molecular formula is C15H17BrN2. The summed E-state index contributed by atoms with van der Waals surface area (Å²) in [6, 6.07) is 8.50. The maximum Gasteiger partial charge on any atom is 0.0410 e. The van der Waals surface area contributed by atoms with E-state index in [9.17, 15) is 0 Å². The molecule has 0 spiro atoms. The number of rotatable bonds is 3. The van der Waals surface area contributed by atoms with Gasteiger partial charge in [0.25, 0.3) is 0 Å². The number of pyridine rings is 1. The van der Waals surface area contributed by atoms with Crippen molar-refractivity contribution in [3.05, 3.63) is 63.4 Å². The first kappa shape index (κ1) is 13.2. The van der Waals surface area contributed by atoms with Gasteiger partial charge in [0.15, 0.2) is 0 Å². The van der Waals surface area contributed by atoms with Crippen LogP contribution < -0.4 is 5.73 Å². The summed E-state index contributed by atoms with van der Waals surface area (Å²) < 4.78 is 0.969. The predicted octanol–water partition coefficient (Wildman–Crippen LogP) is 3.70. The molecule has 18 heavy (non-hydrogen) atoms. The Labute approximate surface area is 116 Å². The van der Waals surface area contributed by atoms with Gasteiger partial charge in [-0.15, -0.1) is 0 Å². The number of benzene rings is 1. The number of nitrogens with zero attached hydrogens (tertiary/aromatic N) is 1. The molecule has 0 saturated carbocycles. The molecule has 1 aromatic carbocycles. The van der Waals surface area contributed by atoms with Gasteiger partial charge < -0.3 is 5.73 Å². The van der Waals surface area contributed by atoms with Crippen LogP contribution in [0.25, 0.3) is 0 Å². The summed E-state index contributed by atoms with van der Waals surface area (Å²) in [5.41, 5.74) is 11.2. The monoisotopic (exact) mass is 304 g/mol. The van der Waals surface area contributed by atoms with Crippen LogP contribution in [0, 0.1) is 13.8 Å². The van der Waals surface area contributed by atoms with E-state index in [4.69, 9.17) is 5.73 Å². The molecule has 1 unspecified atom stereocenters. The van der Waals surface area contributed by atoms with Gasteiger partial charge in [-0.2, -0.15) is 0 Å². The Balaban J connectivity index is 2.21. The molecule has 94 valence electrons. The number of hydrogen-bond donors (Lipinski definition) is 1. The van der Waals surface area contributed by atoms with Crippen molar-refractivity contribution in [2.24, 2.45) is 5.73 Å². The molecule has 1 aromatic heterocycles. The van der Waals surface area contributed by atoms with E-state index in [1.54, 1.807) is 6.20 Å². The zero-order valence-electron chi connectivity index (χ0n) is 10.7. The zero-order valence-corrected chi connectivity index (χ0v) is 12.2. The Kier molecular flexibility index (Phi) is 4.15. The van der Waals surface area contributed by atoms with E-state index in [2.05, 4.69) is 53.0 Å². The summed E-state index contributed by atoms with van der Waals surface area (Å²) in [5.74, 6) is 0. The Bertz CT molecular complexity index is 552. The molecule has 2 aromatic rings. The highest BCUT2D eigenvalue weighted by Gasteiger charge is 2.09. The van der Waals surface area contributed by atoms with Crippen LogP contribution in [0.4, 0.5) is 0 Å². The van der Waals surface area contributed by atoms with E-state index >= 15 is 0 Å². The minimum Gasteiger partial charge on any atom is -0.324 e. The lowest BCUT2D eigenvalue weighted by Crippen LogP contribution is -2.14. The van der Waals surface area contributed by atoms with Gasteiger partial charge in [0.05, 0.1) is 0 Å². The third kappa shape index (κ3) is 3.18. The minimum absolute atomic E-state index is 0.0181. The lowest BCUT2D eigenvalue weighted by Gasteiger charge is -2.14. The van der Waals surface area contributed by atoms with Crippen molar-refractivity contribution in [3.63, 3.8) is 0 Å². The summed E-state index contributed by atoms with van der Waals surface area (Å²) in [6.45, 7) is 4.23. The van der Waals surface area contributed by atoms with Crippen molar-refractivity contribution in [1.82, 2.24) is 4.98 Å². The Morgan fingerprint density at radius 3 is 2.72 bits per heavy atom. The van der Waals surface area contributed by atoms with Crippen molar-refractivity contribution < 1.29 is 0 Å². The SMILES string of the molecule is Cc1ccc(C)c(CC(N)c2cncc(Br)c2)c1. The fraction of sp³-hybridized carbons (Fsp3) is 0.267. The first-order chi connectivity index (χ1) is 8.56. The maximum absolute atomic E-state index is 6.25. The molecule has 0 fully saturated rings. The first-order valence-electron chi connectivity index (χ1n) is 5.98. The smallest absolute Gasteiger partial charge is 0.0410 e. The second-order valence-electron chi connectivity index (χ2n) is 4.68. The normalized spacial score (nSPS) is 12.4. The second kappa shape index (κ2) is 5.63. The number of aryl methyl sites for hydroxylation is 2. The molecule has 1 heterocycles. The highest BCUT2D eigenvalue weighted by molar-refractivity contribution is 9.10. The fourth-order valence-electron chi connectivity index (χ4n) is 2.01. The molecule has 0 aliphatic carbocycles.